The van der Waals surface area contributed by atoms with Crippen LogP contribution >= 0.6 is 17.0 Å². The van der Waals surface area contributed by atoms with Gasteiger partial charge in [0, 0.05) is 0 Å². The second-order valence-electron chi connectivity index (χ2n) is 11.7. The number of halogens is 2. The minimum atomic E-state index is -4.04. The van der Waals surface area contributed by atoms with Crippen molar-refractivity contribution in [3.63, 3.8) is 0 Å². The van der Waals surface area contributed by atoms with Crippen LogP contribution in [0, 0.1) is 12.8 Å². The molecule has 0 radical (unpaired) electrons. The Labute approximate surface area is 257 Å². The van der Waals surface area contributed by atoms with Crippen LogP contribution in [0.2, 0.25) is 0 Å². The third-order valence-electron chi connectivity index (χ3n) is 8.97. The van der Waals surface area contributed by atoms with Gasteiger partial charge in [-0.15, -0.1) is 0 Å². The molecule has 0 saturated carbocycles. The third kappa shape index (κ3) is 4.50. The van der Waals surface area contributed by atoms with Gasteiger partial charge in [-0.2, -0.15) is 0 Å². The van der Waals surface area contributed by atoms with Gasteiger partial charge in [-0.05, 0) is 0 Å². The van der Waals surface area contributed by atoms with Crippen LogP contribution in [-0.2, 0) is 17.9 Å². The molecule has 2 aliphatic rings. The molecule has 7 rings (SSSR count). The number of fused-ring (bicyclic) bond motifs is 4. The molecule has 1 atom stereocenters. The first kappa shape index (κ1) is 27.4. The van der Waals surface area contributed by atoms with E-state index in [1.807, 2.05) is 0 Å². The van der Waals surface area contributed by atoms with Crippen LogP contribution in [0.4, 0.5) is 0 Å². The van der Waals surface area contributed by atoms with Crippen molar-refractivity contribution in [1.29, 1.82) is 0 Å². The van der Waals surface area contributed by atoms with Gasteiger partial charge in [-0.25, -0.2) is 0 Å². The summed E-state index contributed by atoms with van der Waals surface area (Å²) in [6, 6.07) is 39.8. The third-order valence-corrected chi connectivity index (χ3v) is 23.2. The molecule has 4 heteroatoms. The van der Waals surface area contributed by atoms with E-state index in [1.54, 1.807) is 0 Å². The van der Waals surface area contributed by atoms with Crippen molar-refractivity contribution < 1.29 is 17.9 Å². The zero-order valence-corrected chi connectivity index (χ0v) is 29.0. The van der Waals surface area contributed by atoms with Crippen molar-refractivity contribution >= 4 is 46.3 Å². The van der Waals surface area contributed by atoms with Crippen molar-refractivity contribution in [3.05, 3.63) is 131 Å². The Morgan fingerprint density at radius 2 is 1.37 bits per heavy atom. The Bertz CT molecular complexity index is 1840. The van der Waals surface area contributed by atoms with Gasteiger partial charge in [-0.3, -0.25) is 0 Å². The fourth-order valence-corrected chi connectivity index (χ4v) is 24.0. The average molecular weight is 667 g/mol. The van der Waals surface area contributed by atoms with Crippen LogP contribution < -0.4 is 13.6 Å². The molecule has 1 heterocycles. The molecule has 0 fully saturated rings. The maximum absolute atomic E-state index is 7.90. The fraction of sp³-hybridized carbons (Fsp3) is 0.135. The van der Waals surface area contributed by atoms with Crippen molar-refractivity contribution in [2.24, 2.45) is 5.92 Å². The summed E-state index contributed by atoms with van der Waals surface area (Å²) < 4.78 is 1.36. The van der Waals surface area contributed by atoms with Crippen molar-refractivity contribution in [3.8, 4) is 33.4 Å². The van der Waals surface area contributed by atoms with Crippen LogP contribution in [0.3, 0.4) is 0 Å². The maximum atomic E-state index is 7.90. The fourth-order valence-electron chi connectivity index (χ4n) is 7.00. The standard InChI is InChI=1S/C25H23.C12H9Si.2ClH.Zr/c1-17(2)21-15-20-13-14-23(19-10-5-4-6-11-19)25(24(20)16-21)22-12-8-7-9-18(22)3;1-3-7-11-9(5-1)10-6-2-4-8-12(10)13-11;;;/h4-17H,1-3H3;1-7H,13H2;2*1H;/q;;;;+2/p-2. The van der Waals surface area contributed by atoms with Crippen LogP contribution in [0.5, 0.6) is 0 Å². The molecule has 202 valence electrons. The van der Waals surface area contributed by atoms with Crippen LogP contribution in [0.15, 0.2) is 115 Å². The average Bonchev–Trinajstić information content (AvgIpc) is 3.57. The van der Waals surface area contributed by atoms with Gasteiger partial charge in [0.15, 0.2) is 0 Å². The summed E-state index contributed by atoms with van der Waals surface area (Å²) in [4.78, 5) is 0. The van der Waals surface area contributed by atoms with Crippen molar-refractivity contribution in [2.75, 3.05) is 0 Å². The number of rotatable bonds is 5. The summed E-state index contributed by atoms with van der Waals surface area (Å²) in [6.07, 6.45) is 2.45. The van der Waals surface area contributed by atoms with E-state index in [2.05, 4.69) is 136 Å². The Morgan fingerprint density at radius 3 is 2.12 bits per heavy atom. The summed E-state index contributed by atoms with van der Waals surface area (Å²) >= 11 is -4.04. The Kier molecular flexibility index (Phi) is 7.11. The quantitative estimate of drug-likeness (QED) is 0.163. The second-order valence-corrected chi connectivity index (χ2v) is 27.5. The number of hydrogen-bond acceptors (Lipinski definition) is 0. The molecule has 0 nitrogen and oxygen atoms in total. The summed E-state index contributed by atoms with van der Waals surface area (Å²) in [5.74, 6) is 0.345. The van der Waals surface area contributed by atoms with Gasteiger partial charge in [0.2, 0.25) is 0 Å². The van der Waals surface area contributed by atoms with Crippen molar-refractivity contribution in [1.82, 2.24) is 0 Å². The normalized spacial score (nSPS) is 16.0. The van der Waals surface area contributed by atoms with E-state index in [1.165, 1.54) is 69.3 Å². The molecular formula is C37H32Cl2SiZr. The summed E-state index contributed by atoms with van der Waals surface area (Å²) in [6.45, 7) is 6.81. The zero-order chi connectivity index (χ0) is 28.3. The van der Waals surface area contributed by atoms with E-state index in [0.717, 1.165) is 0 Å². The second kappa shape index (κ2) is 10.7. The van der Waals surface area contributed by atoms with Gasteiger partial charge < -0.3 is 0 Å². The summed E-state index contributed by atoms with van der Waals surface area (Å²) in [7, 11) is 15.2. The van der Waals surface area contributed by atoms with Gasteiger partial charge in [0.05, 0.1) is 0 Å². The van der Waals surface area contributed by atoms with E-state index in [9.17, 15) is 0 Å². The first-order chi connectivity index (χ1) is 19.9. The van der Waals surface area contributed by atoms with Crippen molar-refractivity contribution in [2.45, 2.75) is 24.4 Å². The topological polar surface area (TPSA) is 0 Å². The number of allylic oxidation sites excluding steroid dienone is 1. The molecule has 0 N–H and O–H groups in total. The van der Waals surface area contributed by atoms with E-state index in [-0.39, 0.29) is 3.63 Å². The predicted octanol–water partition coefficient (Wildman–Crippen LogP) is 8.31. The predicted molar refractivity (Wildman–Crippen MR) is 179 cm³/mol. The number of benzene rings is 5. The molecule has 5 aromatic carbocycles. The molecule has 1 unspecified atom stereocenters. The van der Waals surface area contributed by atoms with E-state index in [4.69, 9.17) is 17.0 Å². The monoisotopic (exact) mass is 664 g/mol. The van der Waals surface area contributed by atoms with E-state index in [0.29, 0.717) is 5.92 Å². The van der Waals surface area contributed by atoms with Crippen LogP contribution in [-0.4, -0.2) is 9.52 Å². The van der Waals surface area contributed by atoms with Gasteiger partial charge >= 0.3 is 259 Å². The zero-order valence-electron chi connectivity index (χ0n) is 23.6. The Hall–Kier alpha value is -2.48. The van der Waals surface area contributed by atoms with Gasteiger partial charge in [-0.1, -0.05) is 0 Å². The molecule has 41 heavy (non-hydrogen) atoms. The molecule has 5 aromatic rings. The van der Waals surface area contributed by atoms with Gasteiger partial charge in [0.25, 0.3) is 0 Å². The van der Waals surface area contributed by atoms with Gasteiger partial charge in [0.1, 0.15) is 0 Å². The number of aryl methyl sites for hydroxylation is 1. The molecular weight excluding hydrogens is 635 g/mol. The first-order valence-corrected chi connectivity index (χ1v) is 24.8. The first-order valence-electron chi connectivity index (χ1n) is 14.4. The molecule has 1 aliphatic heterocycles. The summed E-state index contributed by atoms with van der Waals surface area (Å²) in [5.41, 5.74) is 13.1. The van der Waals surface area contributed by atoms with Crippen LogP contribution in [0.1, 0.15) is 34.2 Å². The van der Waals surface area contributed by atoms with Crippen LogP contribution in [0.25, 0.3) is 39.5 Å². The molecule has 0 spiro atoms. The molecule has 0 bridgehead atoms. The Balaban J connectivity index is 1.46. The van der Waals surface area contributed by atoms with E-state index < -0.39 is 27.4 Å². The minimum absolute atomic E-state index is 0.0689. The Morgan fingerprint density at radius 1 is 0.683 bits per heavy atom. The SMILES string of the molecule is Cc1ccccc1-c1c(-c2ccccc2)ccc2c1C=C(C(C)C)[CH]2[Zr]([Cl])([Cl])[c]1cccc2c1[SiH2]c1ccccc1-2. The molecule has 1 aliphatic carbocycles. The molecule has 0 amide bonds. The summed E-state index contributed by atoms with van der Waals surface area (Å²) in [5, 5.41) is 2.98. The van der Waals surface area contributed by atoms with E-state index >= 15 is 0 Å². The molecule has 0 aromatic heterocycles. The number of hydrogen-bond donors (Lipinski definition) is 0. The molecule has 0 saturated heterocycles.